The van der Waals surface area contributed by atoms with Gasteiger partial charge < -0.3 is 24.8 Å². The van der Waals surface area contributed by atoms with Crippen molar-refractivity contribution in [3.63, 3.8) is 0 Å². The standard InChI is InChI=1S/C18H29N3O5S.HI/c1-18(2)12-21(6-7-27(18,23)24)17(19-3)20-11-16(22)13-8-14(25-4)10-15(9-13)26-5;/h8-10,16,22H,6-7,11-12H2,1-5H3,(H,19,20);1H. The summed E-state index contributed by atoms with van der Waals surface area (Å²) in [5.41, 5.74) is 0.649. The summed E-state index contributed by atoms with van der Waals surface area (Å²) in [5.74, 6) is 1.83. The van der Waals surface area contributed by atoms with Gasteiger partial charge in [0.05, 0.1) is 30.8 Å². The molecule has 1 fully saturated rings. The number of hydrogen-bond acceptors (Lipinski definition) is 6. The lowest BCUT2D eigenvalue weighted by atomic mass is 10.1. The fourth-order valence-electron chi connectivity index (χ4n) is 2.98. The highest BCUT2D eigenvalue weighted by Gasteiger charge is 2.41. The third-order valence-corrected chi connectivity index (χ3v) is 7.30. The summed E-state index contributed by atoms with van der Waals surface area (Å²) in [6.45, 7) is 4.37. The molecule has 1 aliphatic rings. The number of rotatable bonds is 5. The Morgan fingerprint density at radius 3 is 2.32 bits per heavy atom. The van der Waals surface area contributed by atoms with E-state index < -0.39 is 20.7 Å². The molecule has 1 aromatic carbocycles. The normalized spacial score (nSPS) is 19.4. The minimum Gasteiger partial charge on any atom is -0.497 e. The Labute approximate surface area is 184 Å². The Morgan fingerprint density at radius 1 is 1.29 bits per heavy atom. The molecule has 8 nitrogen and oxygen atoms in total. The van der Waals surface area contributed by atoms with Gasteiger partial charge in [-0.15, -0.1) is 24.0 Å². The molecule has 0 spiro atoms. The summed E-state index contributed by atoms with van der Waals surface area (Å²) in [6, 6.07) is 5.22. The zero-order valence-electron chi connectivity index (χ0n) is 16.9. The maximum Gasteiger partial charge on any atom is 0.193 e. The molecule has 1 heterocycles. The number of nitrogens with zero attached hydrogens (tertiary/aromatic N) is 2. The third kappa shape index (κ3) is 5.63. The van der Waals surface area contributed by atoms with Gasteiger partial charge in [-0.1, -0.05) is 0 Å². The first-order valence-corrected chi connectivity index (χ1v) is 10.4. The summed E-state index contributed by atoms with van der Waals surface area (Å²) in [4.78, 5) is 6.14. The van der Waals surface area contributed by atoms with Crippen molar-refractivity contribution < 1.29 is 23.0 Å². The highest BCUT2D eigenvalue weighted by atomic mass is 127. The van der Waals surface area contributed by atoms with Gasteiger partial charge in [0.15, 0.2) is 15.8 Å². The first-order chi connectivity index (χ1) is 12.6. The maximum atomic E-state index is 12.2. The molecular weight excluding hydrogens is 497 g/mol. The Hall–Kier alpha value is -1.27. The van der Waals surface area contributed by atoms with Crippen molar-refractivity contribution >= 4 is 39.8 Å². The van der Waals surface area contributed by atoms with Crippen LogP contribution in [0, 0.1) is 0 Å². The zero-order chi connectivity index (χ0) is 20.2. The molecule has 0 radical (unpaired) electrons. The quantitative estimate of drug-likeness (QED) is 0.340. The lowest BCUT2D eigenvalue weighted by Gasteiger charge is -2.39. The predicted octanol–water partition coefficient (Wildman–Crippen LogP) is 1.44. The SMILES string of the molecule is CN=C(NCC(O)c1cc(OC)cc(OC)c1)N1CCS(=O)(=O)C(C)(C)C1.I. The van der Waals surface area contributed by atoms with Crippen molar-refractivity contribution in [1.82, 2.24) is 10.2 Å². The number of nitrogens with one attached hydrogen (secondary N) is 1. The van der Waals surface area contributed by atoms with E-state index in [9.17, 15) is 13.5 Å². The first kappa shape index (κ1) is 24.8. The molecular formula is C18H30IN3O5S. The lowest BCUT2D eigenvalue weighted by molar-refractivity contribution is 0.178. The first-order valence-electron chi connectivity index (χ1n) is 8.72. The van der Waals surface area contributed by atoms with E-state index in [1.165, 1.54) is 0 Å². The zero-order valence-corrected chi connectivity index (χ0v) is 20.1. The third-order valence-electron chi connectivity index (χ3n) is 4.77. The molecule has 0 saturated carbocycles. The second-order valence-electron chi connectivity index (χ2n) is 7.09. The Bertz CT molecular complexity index is 776. The molecule has 0 aliphatic carbocycles. The van der Waals surface area contributed by atoms with E-state index in [-0.39, 0.29) is 36.3 Å². The largest absolute Gasteiger partial charge is 0.497 e. The number of guanidine groups is 1. The molecule has 1 unspecified atom stereocenters. The molecule has 10 heteroatoms. The van der Waals surface area contributed by atoms with Crippen molar-refractivity contribution in [1.29, 1.82) is 0 Å². The molecule has 0 bridgehead atoms. The number of hydrogen-bond donors (Lipinski definition) is 2. The van der Waals surface area contributed by atoms with Crippen LogP contribution in [0.5, 0.6) is 11.5 Å². The van der Waals surface area contributed by atoms with Gasteiger partial charge in [-0.05, 0) is 31.5 Å². The summed E-state index contributed by atoms with van der Waals surface area (Å²) in [7, 11) is 1.62. The molecule has 2 rings (SSSR count). The number of aliphatic hydroxyl groups is 1. The number of ether oxygens (including phenoxy) is 2. The smallest absolute Gasteiger partial charge is 0.193 e. The molecule has 1 aliphatic heterocycles. The molecule has 0 aromatic heterocycles. The Morgan fingerprint density at radius 2 is 1.86 bits per heavy atom. The monoisotopic (exact) mass is 527 g/mol. The van der Waals surface area contributed by atoms with E-state index in [0.717, 1.165) is 0 Å². The number of benzene rings is 1. The van der Waals surface area contributed by atoms with Gasteiger partial charge in [0.25, 0.3) is 0 Å². The van der Waals surface area contributed by atoms with Crippen LogP contribution in [0.25, 0.3) is 0 Å². The van der Waals surface area contributed by atoms with Crippen molar-refractivity contribution in [2.75, 3.05) is 46.7 Å². The van der Waals surface area contributed by atoms with E-state index in [1.54, 1.807) is 53.3 Å². The average molecular weight is 527 g/mol. The van der Waals surface area contributed by atoms with Crippen LogP contribution >= 0.6 is 24.0 Å². The van der Waals surface area contributed by atoms with E-state index in [2.05, 4.69) is 10.3 Å². The predicted molar refractivity (Wildman–Crippen MR) is 121 cm³/mol. The molecule has 2 N–H and O–H groups in total. The number of halogens is 1. The summed E-state index contributed by atoms with van der Waals surface area (Å²) in [5, 5.41) is 13.7. The molecule has 0 amide bonds. The van der Waals surface area contributed by atoms with Crippen LogP contribution in [-0.4, -0.2) is 75.8 Å². The number of methoxy groups -OCH3 is 2. The average Bonchev–Trinajstić information content (AvgIpc) is 2.64. The van der Waals surface area contributed by atoms with E-state index in [0.29, 0.717) is 36.1 Å². The summed E-state index contributed by atoms with van der Waals surface area (Å²) >= 11 is 0. The topological polar surface area (TPSA) is 100 Å². The van der Waals surface area contributed by atoms with Gasteiger partial charge in [0.2, 0.25) is 0 Å². The van der Waals surface area contributed by atoms with Crippen molar-refractivity contribution in [2.45, 2.75) is 24.7 Å². The minimum atomic E-state index is -3.13. The highest BCUT2D eigenvalue weighted by molar-refractivity contribution is 14.0. The van der Waals surface area contributed by atoms with Gasteiger partial charge in [-0.3, -0.25) is 4.99 Å². The van der Waals surface area contributed by atoms with Crippen LogP contribution in [-0.2, 0) is 9.84 Å². The molecule has 1 saturated heterocycles. The van der Waals surface area contributed by atoms with Gasteiger partial charge >= 0.3 is 0 Å². The van der Waals surface area contributed by atoms with Crippen LogP contribution < -0.4 is 14.8 Å². The van der Waals surface area contributed by atoms with E-state index in [4.69, 9.17) is 9.47 Å². The molecule has 28 heavy (non-hydrogen) atoms. The molecule has 160 valence electrons. The summed E-state index contributed by atoms with van der Waals surface area (Å²) in [6.07, 6.45) is -0.813. The van der Waals surface area contributed by atoms with Crippen LogP contribution in [0.3, 0.4) is 0 Å². The maximum absolute atomic E-state index is 12.2. The molecule has 1 atom stereocenters. The van der Waals surface area contributed by atoms with Crippen molar-refractivity contribution in [2.24, 2.45) is 4.99 Å². The van der Waals surface area contributed by atoms with Gasteiger partial charge in [-0.2, -0.15) is 0 Å². The van der Waals surface area contributed by atoms with Gasteiger partial charge in [0, 0.05) is 32.7 Å². The van der Waals surface area contributed by atoms with E-state index >= 15 is 0 Å². The van der Waals surface area contributed by atoms with Gasteiger partial charge in [0.1, 0.15) is 11.5 Å². The lowest BCUT2D eigenvalue weighted by Crippen LogP contribution is -2.57. The molecule has 1 aromatic rings. The Balaban J connectivity index is 0.00000392. The fraction of sp³-hybridized carbons (Fsp3) is 0.611. The van der Waals surface area contributed by atoms with Crippen molar-refractivity contribution in [3.05, 3.63) is 23.8 Å². The fourth-order valence-corrected chi connectivity index (χ4v) is 4.35. The Kier molecular flexibility index (Phi) is 8.82. The van der Waals surface area contributed by atoms with Crippen LogP contribution in [0.15, 0.2) is 23.2 Å². The second-order valence-corrected chi connectivity index (χ2v) is 9.83. The van der Waals surface area contributed by atoms with Crippen LogP contribution in [0.1, 0.15) is 25.5 Å². The number of sulfone groups is 1. The number of aliphatic hydroxyl groups excluding tert-OH is 1. The number of aliphatic imine (C=N–C) groups is 1. The van der Waals surface area contributed by atoms with Gasteiger partial charge in [-0.25, -0.2) is 8.42 Å². The van der Waals surface area contributed by atoms with E-state index in [1.807, 2.05) is 4.90 Å². The second kappa shape index (κ2) is 9.97. The minimum absolute atomic E-state index is 0. The van der Waals surface area contributed by atoms with Crippen LogP contribution in [0.4, 0.5) is 0 Å². The summed E-state index contributed by atoms with van der Waals surface area (Å²) < 4.78 is 34.0. The highest BCUT2D eigenvalue weighted by Crippen LogP contribution is 2.27. The van der Waals surface area contributed by atoms with Crippen molar-refractivity contribution in [3.8, 4) is 11.5 Å². The van der Waals surface area contributed by atoms with Crippen LogP contribution in [0.2, 0.25) is 0 Å².